The molecule has 4 heteroatoms. The molecule has 1 saturated heterocycles. The third-order valence-electron chi connectivity index (χ3n) is 2.81. The van der Waals surface area contributed by atoms with Crippen LogP contribution in [0.3, 0.4) is 0 Å². The van der Waals surface area contributed by atoms with Gasteiger partial charge in [-0.1, -0.05) is 0 Å². The molecule has 1 unspecified atom stereocenters. The summed E-state index contributed by atoms with van der Waals surface area (Å²) in [7, 11) is 1.75. The van der Waals surface area contributed by atoms with Crippen molar-refractivity contribution in [1.29, 1.82) is 0 Å². The van der Waals surface area contributed by atoms with Crippen LogP contribution in [0.4, 0.5) is 0 Å². The first-order valence-electron chi connectivity index (χ1n) is 5.54. The Hall–Kier alpha value is -0.610. The lowest BCUT2D eigenvalue weighted by molar-refractivity contribution is -0.155. The molecule has 1 rings (SSSR count). The summed E-state index contributed by atoms with van der Waals surface area (Å²) in [4.78, 5) is 11.6. The molecule has 1 aliphatic rings. The highest BCUT2D eigenvalue weighted by atomic mass is 16.6. The first kappa shape index (κ1) is 12.5. The molecule has 0 aromatic rings. The van der Waals surface area contributed by atoms with Gasteiger partial charge in [-0.15, -0.1) is 0 Å². The van der Waals surface area contributed by atoms with E-state index >= 15 is 0 Å². The maximum Gasteiger partial charge on any atom is 0.325 e. The molecule has 1 atom stereocenters. The van der Waals surface area contributed by atoms with Crippen molar-refractivity contribution in [2.24, 2.45) is 0 Å². The highest BCUT2D eigenvalue weighted by Gasteiger charge is 2.28. The monoisotopic (exact) mass is 215 g/mol. The van der Waals surface area contributed by atoms with E-state index in [2.05, 4.69) is 5.32 Å². The van der Waals surface area contributed by atoms with Crippen molar-refractivity contribution in [2.45, 2.75) is 44.8 Å². The number of nitrogens with one attached hydrogen (secondary N) is 1. The van der Waals surface area contributed by atoms with Crippen LogP contribution in [0.25, 0.3) is 0 Å². The van der Waals surface area contributed by atoms with Gasteiger partial charge in [0.15, 0.2) is 0 Å². The molecule has 0 aliphatic carbocycles. The predicted molar refractivity (Wildman–Crippen MR) is 57.7 cm³/mol. The lowest BCUT2D eigenvalue weighted by Crippen LogP contribution is -2.46. The number of carbonyl (C=O) groups excluding carboxylic acids is 1. The fourth-order valence-corrected chi connectivity index (χ4v) is 1.39. The summed E-state index contributed by atoms with van der Waals surface area (Å²) in [5, 5.41) is 2.91. The zero-order valence-corrected chi connectivity index (χ0v) is 9.84. The third-order valence-corrected chi connectivity index (χ3v) is 2.81. The zero-order valence-electron chi connectivity index (χ0n) is 9.84. The normalized spacial score (nSPS) is 22.5. The van der Waals surface area contributed by atoms with Crippen molar-refractivity contribution in [3.63, 3.8) is 0 Å². The number of rotatable bonds is 4. The maximum atomic E-state index is 11.6. The van der Waals surface area contributed by atoms with Gasteiger partial charge in [0, 0.05) is 6.61 Å². The van der Waals surface area contributed by atoms with Gasteiger partial charge < -0.3 is 14.8 Å². The van der Waals surface area contributed by atoms with Crippen LogP contribution in [-0.2, 0) is 14.3 Å². The van der Waals surface area contributed by atoms with E-state index in [0.29, 0.717) is 6.61 Å². The molecule has 0 aromatic carbocycles. The van der Waals surface area contributed by atoms with Crippen molar-refractivity contribution < 1.29 is 14.3 Å². The summed E-state index contributed by atoms with van der Waals surface area (Å²) < 4.78 is 10.7. The molecule has 0 bridgehead atoms. The van der Waals surface area contributed by atoms with E-state index in [1.54, 1.807) is 20.9 Å². The van der Waals surface area contributed by atoms with Crippen LogP contribution in [0.1, 0.15) is 33.1 Å². The third kappa shape index (κ3) is 3.80. The average molecular weight is 215 g/mol. The number of hydrogen-bond donors (Lipinski definition) is 1. The van der Waals surface area contributed by atoms with E-state index < -0.39 is 5.54 Å². The molecule has 0 aromatic heterocycles. The van der Waals surface area contributed by atoms with Crippen molar-refractivity contribution in [2.75, 3.05) is 20.3 Å². The summed E-state index contributed by atoms with van der Waals surface area (Å²) in [6, 6.07) is 0. The fraction of sp³-hybridized carbons (Fsp3) is 0.909. The van der Waals surface area contributed by atoms with E-state index in [1.165, 1.54) is 0 Å². The van der Waals surface area contributed by atoms with Gasteiger partial charge in [-0.3, -0.25) is 4.79 Å². The van der Waals surface area contributed by atoms with E-state index in [9.17, 15) is 4.79 Å². The van der Waals surface area contributed by atoms with E-state index in [1.807, 2.05) is 0 Å². The molecular weight excluding hydrogens is 194 g/mol. The first-order chi connectivity index (χ1) is 7.06. The van der Waals surface area contributed by atoms with Crippen LogP contribution in [0, 0.1) is 0 Å². The van der Waals surface area contributed by atoms with E-state index in [0.717, 1.165) is 25.9 Å². The number of likely N-dealkylation sites (N-methyl/N-ethyl adjacent to an activating group) is 1. The van der Waals surface area contributed by atoms with Gasteiger partial charge in [0.25, 0.3) is 0 Å². The van der Waals surface area contributed by atoms with Gasteiger partial charge in [-0.2, -0.15) is 0 Å². The minimum atomic E-state index is -0.616. The van der Waals surface area contributed by atoms with Crippen molar-refractivity contribution >= 4 is 5.97 Å². The SMILES string of the molecule is CNC(C)(C)C(=O)OCC1CCCCO1. The molecule has 1 aliphatic heterocycles. The lowest BCUT2D eigenvalue weighted by Gasteiger charge is -2.25. The highest BCUT2D eigenvalue weighted by molar-refractivity contribution is 5.79. The van der Waals surface area contributed by atoms with E-state index in [-0.39, 0.29) is 12.1 Å². The van der Waals surface area contributed by atoms with Crippen LogP contribution < -0.4 is 5.32 Å². The van der Waals surface area contributed by atoms with Crippen LogP contribution in [0.5, 0.6) is 0 Å². The predicted octanol–water partition coefficient (Wildman–Crippen LogP) is 1.10. The Morgan fingerprint density at radius 1 is 1.53 bits per heavy atom. The molecule has 0 amide bonds. The number of ether oxygens (including phenoxy) is 2. The minimum absolute atomic E-state index is 0.0929. The van der Waals surface area contributed by atoms with Crippen LogP contribution >= 0.6 is 0 Å². The minimum Gasteiger partial charge on any atom is -0.462 e. The summed E-state index contributed by atoms with van der Waals surface area (Å²) >= 11 is 0. The van der Waals surface area contributed by atoms with Crippen molar-refractivity contribution in [3.05, 3.63) is 0 Å². The number of hydrogen-bond acceptors (Lipinski definition) is 4. The number of esters is 1. The van der Waals surface area contributed by atoms with E-state index in [4.69, 9.17) is 9.47 Å². The van der Waals surface area contributed by atoms with Gasteiger partial charge in [0.1, 0.15) is 12.1 Å². The topological polar surface area (TPSA) is 47.6 Å². The van der Waals surface area contributed by atoms with Crippen LogP contribution in [0.2, 0.25) is 0 Å². The second-order valence-electron chi connectivity index (χ2n) is 4.46. The fourth-order valence-electron chi connectivity index (χ4n) is 1.39. The van der Waals surface area contributed by atoms with Gasteiger partial charge in [0.2, 0.25) is 0 Å². The molecule has 0 radical (unpaired) electrons. The van der Waals surface area contributed by atoms with Crippen molar-refractivity contribution in [3.8, 4) is 0 Å². The Labute approximate surface area is 91.3 Å². The largest absolute Gasteiger partial charge is 0.462 e. The average Bonchev–Trinajstić information content (AvgIpc) is 2.27. The van der Waals surface area contributed by atoms with Crippen LogP contribution in [0.15, 0.2) is 0 Å². The first-order valence-corrected chi connectivity index (χ1v) is 5.54. The number of carbonyl (C=O) groups is 1. The molecular formula is C11H21NO3. The zero-order chi connectivity index (χ0) is 11.3. The second kappa shape index (κ2) is 5.47. The standard InChI is InChI=1S/C11H21NO3/c1-11(2,12-3)10(13)15-8-9-6-4-5-7-14-9/h9,12H,4-8H2,1-3H3. The molecule has 1 N–H and O–H groups in total. The molecule has 0 spiro atoms. The lowest BCUT2D eigenvalue weighted by atomic mass is 10.1. The van der Waals surface area contributed by atoms with Gasteiger partial charge in [0.05, 0.1) is 6.10 Å². The summed E-state index contributed by atoms with van der Waals surface area (Å²) in [6.45, 7) is 4.77. The van der Waals surface area contributed by atoms with Crippen LogP contribution in [-0.4, -0.2) is 37.9 Å². The quantitative estimate of drug-likeness (QED) is 0.713. The summed E-state index contributed by atoms with van der Waals surface area (Å²) in [6.07, 6.45) is 3.37. The molecule has 1 heterocycles. The Bertz CT molecular complexity index is 210. The van der Waals surface area contributed by atoms with Gasteiger partial charge in [-0.25, -0.2) is 0 Å². The Kier molecular flexibility index (Phi) is 4.54. The summed E-state index contributed by atoms with van der Waals surface area (Å²) in [5.41, 5.74) is -0.616. The smallest absolute Gasteiger partial charge is 0.325 e. The summed E-state index contributed by atoms with van der Waals surface area (Å²) in [5.74, 6) is -0.223. The molecule has 88 valence electrons. The Balaban J connectivity index is 2.26. The molecule has 0 saturated carbocycles. The molecule has 15 heavy (non-hydrogen) atoms. The Morgan fingerprint density at radius 3 is 2.80 bits per heavy atom. The van der Waals surface area contributed by atoms with Crippen molar-refractivity contribution in [1.82, 2.24) is 5.32 Å². The Morgan fingerprint density at radius 2 is 2.27 bits per heavy atom. The van der Waals surface area contributed by atoms with Gasteiger partial charge >= 0.3 is 5.97 Å². The molecule has 1 fully saturated rings. The van der Waals surface area contributed by atoms with Gasteiger partial charge in [-0.05, 0) is 40.2 Å². The second-order valence-corrected chi connectivity index (χ2v) is 4.46. The molecule has 4 nitrogen and oxygen atoms in total. The maximum absolute atomic E-state index is 11.6. The highest BCUT2D eigenvalue weighted by Crippen LogP contribution is 2.14.